The first-order chi connectivity index (χ1) is 14.5. The van der Waals surface area contributed by atoms with Crippen LogP contribution in [0.15, 0.2) is 0 Å². The number of alkyl carbamates (subject to hydrolysis) is 1. The second kappa shape index (κ2) is 13.1. The summed E-state index contributed by atoms with van der Waals surface area (Å²) in [7, 11) is 0. The monoisotopic (exact) mass is 422 g/mol. The van der Waals surface area contributed by atoms with E-state index in [1.54, 1.807) is 0 Å². The molecule has 8 nitrogen and oxygen atoms in total. The first kappa shape index (κ1) is 24.0. The number of rotatable bonds is 14. The van der Waals surface area contributed by atoms with Crippen molar-refractivity contribution in [3.8, 4) is 12.3 Å². The van der Waals surface area contributed by atoms with E-state index in [9.17, 15) is 14.4 Å². The Hall–Kier alpha value is -2.27. The smallest absolute Gasteiger partial charge is 0.407 e. The molecule has 2 saturated heterocycles. The van der Waals surface area contributed by atoms with Crippen molar-refractivity contribution in [1.29, 1.82) is 0 Å². The van der Waals surface area contributed by atoms with Gasteiger partial charge in [-0.15, -0.1) is 12.3 Å². The fourth-order valence-corrected chi connectivity index (χ4v) is 4.41. The molecule has 30 heavy (non-hydrogen) atoms. The highest BCUT2D eigenvalue weighted by Gasteiger charge is 2.48. The molecule has 0 aliphatic carbocycles. The van der Waals surface area contributed by atoms with Gasteiger partial charge in [0.25, 0.3) is 5.91 Å². The van der Waals surface area contributed by atoms with Gasteiger partial charge in [-0.05, 0) is 38.0 Å². The number of carbonyl (C=O) groups excluding carboxylic acids is 2. The minimum atomic E-state index is -0.738. The van der Waals surface area contributed by atoms with Gasteiger partial charge in [-0.1, -0.05) is 19.3 Å². The van der Waals surface area contributed by atoms with Crippen LogP contribution in [0.2, 0.25) is 0 Å². The number of fused-ring (bicyclic) bond motifs is 2. The molecule has 0 unspecified atom stereocenters. The molecule has 0 aromatic rings. The van der Waals surface area contributed by atoms with Crippen LogP contribution in [-0.2, 0) is 19.1 Å². The van der Waals surface area contributed by atoms with Crippen LogP contribution < -0.4 is 10.6 Å². The minimum absolute atomic E-state index is 0.188. The maximum absolute atomic E-state index is 12.0. The zero-order chi connectivity index (χ0) is 21.8. The van der Waals surface area contributed by atoms with Crippen LogP contribution in [0.5, 0.6) is 0 Å². The standard InChI is InChI=1S/C22H34N2O6/c1-2-3-8-13-23-22(28)29-15-20(25)24-14-17-16(18-11-12-19(17)30-18)9-6-4-5-7-10-21(26)27/h1,16-19H,3-15H2,(H,23,28)(H,24,25)(H,26,27)/t16-,17+,18-,19+/m1/s1. The Balaban J connectivity index is 1.62. The van der Waals surface area contributed by atoms with Gasteiger partial charge in [0, 0.05) is 31.8 Å². The molecule has 2 aliphatic rings. The lowest BCUT2D eigenvalue weighted by Gasteiger charge is -2.28. The van der Waals surface area contributed by atoms with Crippen LogP contribution in [0.4, 0.5) is 4.79 Å². The molecular formula is C22H34N2O6. The fourth-order valence-electron chi connectivity index (χ4n) is 4.41. The first-order valence-corrected chi connectivity index (χ1v) is 11.0. The lowest BCUT2D eigenvalue weighted by molar-refractivity contribution is -0.137. The van der Waals surface area contributed by atoms with Crippen molar-refractivity contribution in [2.75, 3.05) is 19.7 Å². The average molecular weight is 423 g/mol. The molecule has 168 valence electrons. The Morgan fingerprint density at radius 1 is 1.03 bits per heavy atom. The SMILES string of the molecule is C#CCCCNC(=O)OCC(=O)NC[C@H]1[C@@H](CCCCCCC(=O)O)[C@H]2CC[C@@H]1O2. The van der Waals surface area contributed by atoms with E-state index in [-0.39, 0.29) is 37.1 Å². The van der Waals surface area contributed by atoms with E-state index in [0.29, 0.717) is 31.8 Å². The largest absolute Gasteiger partial charge is 0.481 e. The Kier molecular flexibility index (Phi) is 10.5. The van der Waals surface area contributed by atoms with E-state index in [4.69, 9.17) is 21.0 Å². The van der Waals surface area contributed by atoms with Gasteiger partial charge in [-0.2, -0.15) is 0 Å². The van der Waals surface area contributed by atoms with Gasteiger partial charge in [-0.25, -0.2) is 4.79 Å². The highest BCUT2D eigenvalue weighted by Crippen LogP contribution is 2.45. The summed E-state index contributed by atoms with van der Waals surface area (Å²) in [6, 6.07) is 0. The van der Waals surface area contributed by atoms with Gasteiger partial charge in [-0.3, -0.25) is 9.59 Å². The number of unbranched alkanes of at least 4 members (excludes halogenated alkanes) is 4. The summed E-state index contributed by atoms with van der Waals surface area (Å²) in [4.78, 5) is 34.2. The molecule has 4 atom stereocenters. The number of ether oxygens (including phenoxy) is 2. The maximum atomic E-state index is 12.0. The highest BCUT2D eigenvalue weighted by atomic mass is 16.6. The fraction of sp³-hybridized carbons (Fsp3) is 0.773. The summed E-state index contributed by atoms with van der Waals surface area (Å²) in [5.41, 5.74) is 0. The van der Waals surface area contributed by atoms with Crippen molar-refractivity contribution >= 4 is 18.0 Å². The number of carboxylic acid groups (broad SMARTS) is 1. The number of nitrogens with one attached hydrogen (secondary N) is 2. The van der Waals surface area contributed by atoms with Gasteiger partial charge in [0.15, 0.2) is 6.61 Å². The van der Waals surface area contributed by atoms with Crippen LogP contribution >= 0.6 is 0 Å². The normalized spacial score (nSPS) is 24.2. The molecule has 0 aromatic carbocycles. The van der Waals surface area contributed by atoms with Crippen LogP contribution in [0.25, 0.3) is 0 Å². The molecule has 0 saturated carbocycles. The topological polar surface area (TPSA) is 114 Å². The Bertz CT molecular complexity index is 617. The predicted octanol–water partition coefficient (Wildman–Crippen LogP) is 2.46. The number of hydrogen-bond donors (Lipinski definition) is 3. The number of terminal acetylenes is 1. The van der Waals surface area contributed by atoms with Crippen molar-refractivity contribution in [2.45, 2.75) is 76.4 Å². The molecule has 0 spiro atoms. The van der Waals surface area contributed by atoms with Crippen LogP contribution in [0.3, 0.4) is 0 Å². The van der Waals surface area contributed by atoms with Crippen molar-refractivity contribution in [3.05, 3.63) is 0 Å². The number of hydrogen-bond acceptors (Lipinski definition) is 5. The molecule has 2 fully saturated rings. The van der Waals surface area contributed by atoms with Crippen molar-refractivity contribution in [2.24, 2.45) is 11.8 Å². The Morgan fingerprint density at radius 3 is 2.50 bits per heavy atom. The van der Waals surface area contributed by atoms with E-state index in [2.05, 4.69) is 16.6 Å². The van der Waals surface area contributed by atoms with Gasteiger partial charge in [0.05, 0.1) is 12.2 Å². The molecule has 0 aromatic heterocycles. The lowest BCUT2D eigenvalue weighted by atomic mass is 9.76. The van der Waals surface area contributed by atoms with Crippen molar-refractivity contribution in [3.63, 3.8) is 0 Å². The van der Waals surface area contributed by atoms with Crippen LogP contribution in [0, 0.1) is 24.2 Å². The van der Waals surface area contributed by atoms with Crippen LogP contribution in [-0.4, -0.2) is 55.0 Å². The van der Waals surface area contributed by atoms with Gasteiger partial charge in [0.2, 0.25) is 0 Å². The zero-order valence-corrected chi connectivity index (χ0v) is 17.6. The van der Waals surface area contributed by atoms with Gasteiger partial charge >= 0.3 is 12.1 Å². The predicted molar refractivity (Wildman–Crippen MR) is 111 cm³/mol. The summed E-state index contributed by atoms with van der Waals surface area (Å²) >= 11 is 0. The number of aliphatic carboxylic acids is 1. The van der Waals surface area contributed by atoms with Crippen molar-refractivity contribution < 1.29 is 29.0 Å². The molecule has 2 bridgehead atoms. The molecular weight excluding hydrogens is 388 g/mol. The quantitative estimate of drug-likeness (QED) is 0.293. The van der Waals surface area contributed by atoms with Gasteiger partial charge in [0.1, 0.15) is 0 Å². The summed E-state index contributed by atoms with van der Waals surface area (Å²) in [6.45, 7) is 0.638. The average Bonchev–Trinajstić information content (AvgIpc) is 3.32. The van der Waals surface area contributed by atoms with E-state index < -0.39 is 12.1 Å². The van der Waals surface area contributed by atoms with E-state index >= 15 is 0 Å². The summed E-state index contributed by atoms with van der Waals surface area (Å²) in [5.74, 6) is 2.14. The Labute approximate surface area is 178 Å². The van der Waals surface area contributed by atoms with Gasteiger partial charge < -0.3 is 25.2 Å². The van der Waals surface area contributed by atoms with E-state index in [1.165, 1.54) is 0 Å². The summed E-state index contributed by atoms with van der Waals surface area (Å²) < 4.78 is 11.0. The Morgan fingerprint density at radius 2 is 1.77 bits per heavy atom. The molecule has 2 amide bonds. The minimum Gasteiger partial charge on any atom is -0.481 e. The zero-order valence-electron chi connectivity index (χ0n) is 17.6. The molecule has 2 rings (SSSR count). The maximum Gasteiger partial charge on any atom is 0.407 e. The summed E-state index contributed by atoms with van der Waals surface area (Å²) in [6.07, 6.45) is 13.3. The molecule has 8 heteroatoms. The van der Waals surface area contributed by atoms with E-state index in [1.807, 2.05) is 0 Å². The second-order valence-electron chi connectivity index (χ2n) is 8.08. The lowest BCUT2D eigenvalue weighted by Crippen LogP contribution is -2.40. The molecule has 2 aliphatic heterocycles. The van der Waals surface area contributed by atoms with Crippen molar-refractivity contribution in [1.82, 2.24) is 10.6 Å². The first-order valence-electron chi connectivity index (χ1n) is 11.0. The molecule has 2 heterocycles. The highest BCUT2D eigenvalue weighted by molar-refractivity contribution is 5.80. The third-order valence-corrected chi connectivity index (χ3v) is 5.90. The second-order valence-corrected chi connectivity index (χ2v) is 8.08. The van der Waals surface area contributed by atoms with Crippen LogP contribution in [0.1, 0.15) is 64.2 Å². The van der Waals surface area contributed by atoms with E-state index in [0.717, 1.165) is 44.9 Å². The third-order valence-electron chi connectivity index (χ3n) is 5.90. The number of carboxylic acids is 1. The number of amides is 2. The third kappa shape index (κ3) is 8.23. The number of carbonyl (C=O) groups is 3. The molecule has 3 N–H and O–H groups in total. The molecule has 0 radical (unpaired) electrons. The summed E-state index contributed by atoms with van der Waals surface area (Å²) in [5, 5.41) is 14.1.